The molecular weight excluding hydrogens is 444 g/mol. The molecule has 3 aromatic carbocycles. The number of hydrogen-bond acceptors (Lipinski definition) is 5. The van der Waals surface area contributed by atoms with Crippen LogP contribution in [0, 0.1) is 0 Å². The first-order valence-electron chi connectivity index (χ1n) is 9.98. The van der Waals surface area contributed by atoms with Gasteiger partial charge in [0.15, 0.2) is 0 Å². The summed E-state index contributed by atoms with van der Waals surface area (Å²) in [6.07, 6.45) is 0. The number of thioether (sulfide) groups is 1. The van der Waals surface area contributed by atoms with Crippen molar-refractivity contribution in [2.75, 3.05) is 19.4 Å². The lowest BCUT2D eigenvalue weighted by molar-refractivity contribution is -0.141. The van der Waals surface area contributed by atoms with Crippen LogP contribution in [0.25, 0.3) is 0 Å². The summed E-state index contributed by atoms with van der Waals surface area (Å²) in [6, 6.07) is 29.8. The summed E-state index contributed by atoms with van der Waals surface area (Å²) in [5.74, 6) is -0.549. The molecule has 0 unspecified atom stereocenters. The van der Waals surface area contributed by atoms with Crippen LogP contribution in [0.3, 0.4) is 0 Å². The highest BCUT2D eigenvalue weighted by molar-refractivity contribution is 8.00. The van der Waals surface area contributed by atoms with Crippen LogP contribution in [0.5, 0.6) is 0 Å². The van der Waals surface area contributed by atoms with Crippen molar-refractivity contribution >= 4 is 36.0 Å². The number of halogens is 1. The maximum atomic E-state index is 12.4. The summed E-state index contributed by atoms with van der Waals surface area (Å²) in [6.45, 7) is -0.200. The van der Waals surface area contributed by atoms with Gasteiger partial charge >= 0.3 is 5.97 Å². The number of methoxy groups -OCH3 is 1. The zero-order valence-corrected chi connectivity index (χ0v) is 19.4. The van der Waals surface area contributed by atoms with E-state index in [0.29, 0.717) is 5.75 Å². The van der Waals surface area contributed by atoms with Crippen molar-refractivity contribution in [3.8, 4) is 0 Å². The maximum Gasteiger partial charge on any atom is 0.325 e. The Bertz CT molecular complexity index is 891. The summed E-state index contributed by atoms with van der Waals surface area (Å²) in [5.41, 5.74) is 9.49. The Hall–Kier alpha value is -2.80. The van der Waals surface area contributed by atoms with Gasteiger partial charge in [0.05, 0.1) is 17.9 Å². The molecule has 168 valence electrons. The number of nitrogens with two attached hydrogens (primary N) is 1. The van der Waals surface area contributed by atoms with Gasteiger partial charge in [-0.2, -0.15) is 0 Å². The van der Waals surface area contributed by atoms with E-state index in [9.17, 15) is 9.59 Å². The van der Waals surface area contributed by atoms with Gasteiger partial charge in [-0.05, 0) is 16.7 Å². The largest absolute Gasteiger partial charge is 0.468 e. The Morgan fingerprint density at radius 2 is 1.28 bits per heavy atom. The van der Waals surface area contributed by atoms with Crippen molar-refractivity contribution in [2.24, 2.45) is 5.73 Å². The first kappa shape index (κ1) is 25.5. The van der Waals surface area contributed by atoms with Gasteiger partial charge in [-0.3, -0.25) is 9.59 Å². The van der Waals surface area contributed by atoms with E-state index in [4.69, 9.17) is 5.73 Å². The molecule has 0 bridgehead atoms. The van der Waals surface area contributed by atoms with Crippen LogP contribution in [-0.2, 0) is 19.1 Å². The van der Waals surface area contributed by atoms with Crippen molar-refractivity contribution in [2.45, 2.75) is 10.8 Å². The summed E-state index contributed by atoms with van der Waals surface area (Å²) in [7, 11) is 1.28. The van der Waals surface area contributed by atoms with Crippen LogP contribution < -0.4 is 11.1 Å². The normalized spacial score (nSPS) is 11.7. The maximum absolute atomic E-state index is 12.4. The molecule has 32 heavy (non-hydrogen) atoms. The second-order valence-electron chi connectivity index (χ2n) is 6.99. The van der Waals surface area contributed by atoms with E-state index >= 15 is 0 Å². The number of ether oxygens (including phenoxy) is 1. The van der Waals surface area contributed by atoms with Crippen molar-refractivity contribution < 1.29 is 14.3 Å². The second kappa shape index (κ2) is 12.3. The lowest BCUT2D eigenvalue weighted by atomic mass is 9.84. The Balaban J connectivity index is 0.00000363. The Labute approximate surface area is 199 Å². The third-order valence-corrected chi connectivity index (χ3v) is 6.66. The van der Waals surface area contributed by atoms with Crippen molar-refractivity contribution in [1.29, 1.82) is 0 Å². The smallest absolute Gasteiger partial charge is 0.325 e. The van der Waals surface area contributed by atoms with E-state index in [1.165, 1.54) is 7.11 Å². The lowest BCUT2D eigenvalue weighted by Crippen LogP contribution is -2.45. The van der Waals surface area contributed by atoms with Crippen LogP contribution in [-0.4, -0.2) is 37.3 Å². The molecule has 3 aromatic rings. The van der Waals surface area contributed by atoms with E-state index in [2.05, 4.69) is 46.5 Å². The molecule has 0 aliphatic heterocycles. The van der Waals surface area contributed by atoms with Gasteiger partial charge in [-0.1, -0.05) is 91.0 Å². The predicted molar refractivity (Wildman–Crippen MR) is 132 cm³/mol. The molecule has 5 nitrogen and oxygen atoms in total. The first-order valence-corrected chi connectivity index (χ1v) is 11.0. The first-order chi connectivity index (χ1) is 15.1. The van der Waals surface area contributed by atoms with E-state index < -0.39 is 16.8 Å². The SMILES string of the molecule is COC(=O)CNC(=O)[C@@H](N)CSC(c1ccccc1)(c1ccccc1)c1ccccc1.Cl. The van der Waals surface area contributed by atoms with Gasteiger partial charge in [0, 0.05) is 5.75 Å². The molecule has 0 spiro atoms. The highest BCUT2D eigenvalue weighted by Gasteiger charge is 2.37. The Morgan fingerprint density at radius 3 is 1.66 bits per heavy atom. The summed E-state index contributed by atoms with van der Waals surface area (Å²) in [5, 5.41) is 2.54. The van der Waals surface area contributed by atoms with Gasteiger partial charge < -0.3 is 15.8 Å². The Kier molecular flexibility index (Phi) is 9.78. The second-order valence-corrected chi connectivity index (χ2v) is 8.23. The Morgan fingerprint density at radius 1 is 0.875 bits per heavy atom. The minimum absolute atomic E-state index is 0. The average molecular weight is 471 g/mol. The highest BCUT2D eigenvalue weighted by Crippen LogP contribution is 2.48. The molecule has 0 aliphatic rings. The fourth-order valence-corrected chi connectivity index (χ4v) is 4.91. The highest BCUT2D eigenvalue weighted by atomic mass is 35.5. The van der Waals surface area contributed by atoms with Crippen LogP contribution >= 0.6 is 24.2 Å². The number of benzene rings is 3. The molecule has 1 atom stereocenters. The van der Waals surface area contributed by atoms with Gasteiger partial charge in [0.1, 0.15) is 6.54 Å². The third-order valence-electron chi connectivity index (χ3n) is 4.99. The molecule has 0 aromatic heterocycles. The van der Waals surface area contributed by atoms with E-state index in [1.807, 2.05) is 54.6 Å². The van der Waals surface area contributed by atoms with Gasteiger partial charge in [0.2, 0.25) is 5.91 Å². The predicted octanol–water partition coefficient (Wildman–Crippen LogP) is 3.75. The standard InChI is InChI=1S/C25H26N2O3S.ClH/c1-30-23(28)17-27-24(29)22(26)18-31-25(19-11-5-2-6-12-19,20-13-7-3-8-14-20)21-15-9-4-10-16-21;/h2-16,22H,17-18,26H2,1H3,(H,27,29);1H/t22-;/m0./s1. The quantitative estimate of drug-likeness (QED) is 0.367. The van der Waals surface area contributed by atoms with Crippen molar-refractivity contribution in [1.82, 2.24) is 5.32 Å². The van der Waals surface area contributed by atoms with Gasteiger partial charge in [0.25, 0.3) is 0 Å². The summed E-state index contributed by atoms with van der Waals surface area (Å²) >= 11 is 1.60. The molecule has 3 N–H and O–H groups in total. The molecule has 0 aliphatic carbocycles. The molecule has 0 saturated heterocycles. The third kappa shape index (κ3) is 5.91. The van der Waals surface area contributed by atoms with Crippen LogP contribution in [0.2, 0.25) is 0 Å². The topological polar surface area (TPSA) is 81.4 Å². The molecule has 3 rings (SSSR count). The van der Waals surface area contributed by atoms with Crippen molar-refractivity contribution in [3.05, 3.63) is 108 Å². The molecule has 0 saturated carbocycles. The monoisotopic (exact) mass is 470 g/mol. The van der Waals surface area contributed by atoms with E-state index in [1.54, 1.807) is 11.8 Å². The molecule has 0 fully saturated rings. The summed E-state index contributed by atoms with van der Waals surface area (Å²) < 4.78 is 4.02. The number of rotatable bonds is 9. The van der Waals surface area contributed by atoms with Crippen LogP contribution in [0.1, 0.15) is 16.7 Å². The molecule has 0 radical (unpaired) electrons. The van der Waals surface area contributed by atoms with Gasteiger partial charge in [-0.25, -0.2) is 0 Å². The van der Waals surface area contributed by atoms with E-state index in [0.717, 1.165) is 16.7 Å². The van der Waals surface area contributed by atoms with Crippen molar-refractivity contribution in [3.63, 3.8) is 0 Å². The van der Waals surface area contributed by atoms with Gasteiger partial charge in [-0.15, -0.1) is 24.2 Å². The molecule has 1 amide bonds. The number of carbonyl (C=O) groups is 2. The molecular formula is C25H27ClN2O3S. The number of amides is 1. The fraction of sp³-hybridized carbons (Fsp3) is 0.200. The zero-order chi connectivity index (χ0) is 22.1. The fourth-order valence-electron chi connectivity index (χ4n) is 3.42. The van der Waals surface area contributed by atoms with Crippen LogP contribution in [0.4, 0.5) is 0 Å². The number of nitrogens with one attached hydrogen (secondary N) is 1. The average Bonchev–Trinajstić information content (AvgIpc) is 2.84. The molecule has 0 heterocycles. The van der Waals surface area contributed by atoms with E-state index in [-0.39, 0.29) is 24.9 Å². The van der Waals surface area contributed by atoms with Crippen LogP contribution in [0.15, 0.2) is 91.0 Å². The molecule has 7 heteroatoms. The number of carbonyl (C=O) groups excluding carboxylic acids is 2. The minimum atomic E-state index is -0.787. The number of esters is 1. The summed E-state index contributed by atoms with van der Waals surface area (Å²) in [4.78, 5) is 23.8. The zero-order valence-electron chi connectivity index (χ0n) is 17.8. The minimum Gasteiger partial charge on any atom is -0.468 e. The lowest BCUT2D eigenvalue weighted by Gasteiger charge is -2.36. The number of hydrogen-bond donors (Lipinski definition) is 2.